The Morgan fingerprint density at radius 2 is 2.30 bits per heavy atom. The average Bonchev–Trinajstić information content (AvgIpc) is 2.81. The summed E-state index contributed by atoms with van der Waals surface area (Å²) < 4.78 is 1.11. The number of H-pyrrole nitrogens is 1. The van der Waals surface area contributed by atoms with Gasteiger partial charge in [0.25, 0.3) is 5.91 Å². The van der Waals surface area contributed by atoms with Crippen molar-refractivity contribution in [2.75, 3.05) is 19.6 Å². The van der Waals surface area contributed by atoms with E-state index in [4.69, 9.17) is 0 Å². The minimum absolute atomic E-state index is 0. The van der Waals surface area contributed by atoms with Crippen LogP contribution in [0.3, 0.4) is 0 Å². The van der Waals surface area contributed by atoms with E-state index in [-0.39, 0.29) is 24.4 Å². The fourth-order valence-corrected chi connectivity index (χ4v) is 2.92. The average molecular weight is 407 g/mol. The summed E-state index contributed by atoms with van der Waals surface area (Å²) in [5, 5.41) is 11.3. The van der Waals surface area contributed by atoms with E-state index in [2.05, 4.69) is 45.0 Å². The molecule has 7 heteroatoms. The Morgan fingerprint density at radius 3 is 3.05 bits per heavy atom. The number of carbonyl (C=O) groups is 1. The van der Waals surface area contributed by atoms with Gasteiger partial charge in [0.1, 0.15) is 0 Å². The highest BCUT2D eigenvalue weighted by Crippen LogP contribution is 2.21. The van der Waals surface area contributed by atoms with E-state index < -0.39 is 0 Å². The van der Waals surface area contributed by atoms with Crippen LogP contribution in [0.2, 0.25) is 0 Å². The molecule has 2 N–H and O–H groups in total. The van der Waals surface area contributed by atoms with E-state index in [0.717, 1.165) is 34.1 Å². The second-order valence-corrected chi connectivity index (χ2v) is 6.06. The van der Waals surface area contributed by atoms with Gasteiger partial charge in [0, 0.05) is 34.6 Å². The molecule has 1 aliphatic rings. The SMILES string of the molecule is C[C@@H]1CNCCN1C(=O)c1n[nH]c2ccc(I)cc12.Cl. The van der Waals surface area contributed by atoms with Gasteiger partial charge in [-0.2, -0.15) is 5.10 Å². The minimum atomic E-state index is 0. The van der Waals surface area contributed by atoms with Crippen molar-refractivity contribution >= 4 is 51.8 Å². The summed E-state index contributed by atoms with van der Waals surface area (Å²) in [6.45, 7) is 4.47. The zero-order valence-corrected chi connectivity index (χ0v) is 14.0. The number of rotatable bonds is 1. The summed E-state index contributed by atoms with van der Waals surface area (Å²) in [6.07, 6.45) is 0. The molecule has 3 rings (SSSR count). The summed E-state index contributed by atoms with van der Waals surface area (Å²) >= 11 is 2.25. The second-order valence-electron chi connectivity index (χ2n) is 4.81. The topological polar surface area (TPSA) is 61.0 Å². The summed E-state index contributed by atoms with van der Waals surface area (Å²) in [6, 6.07) is 6.17. The van der Waals surface area contributed by atoms with Gasteiger partial charge in [0.2, 0.25) is 0 Å². The number of hydrogen-bond acceptors (Lipinski definition) is 3. The fraction of sp³-hybridized carbons (Fsp3) is 0.385. The molecule has 1 aliphatic heterocycles. The first-order chi connectivity index (χ1) is 9.16. The number of amides is 1. The number of halogens is 2. The predicted octanol–water partition coefficient (Wildman–Crippen LogP) is 2.02. The predicted molar refractivity (Wildman–Crippen MR) is 89.4 cm³/mol. The van der Waals surface area contributed by atoms with E-state index >= 15 is 0 Å². The Hall–Kier alpha value is -0.860. The lowest BCUT2D eigenvalue weighted by Gasteiger charge is -2.33. The third-order valence-corrected chi connectivity index (χ3v) is 4.16. The van der Waals surface area contributed by atoms with Crippen molar-refractivity contribution in [3.63, 3.8) is 0 Å². The number of aromatic amines is 1. The van der Waals surface area contributed by atoms with Crippen LogP contribution in [-0.4, -0.2) is 46.7 Å². The number of nitrogens with one attached hydrogen (secondary N) is 2. The molecule has 1 amide bonds. The second kappa shape index (κ2) is 6.28. The van der Waals surface area contributed by atoms with Crippen LogP contribution in [0.25, 0.3) is 10.9 Å². The molecule has 1 fully saturated rings. The molecule has 1 aromatic carbocycles. The van der Waals surface area contributed by atoms with Crippen LogP contribution in [0.5, 0.6) is 0 Å². The molecule has 1 aromatic heterocycles. The first-order valence-electron chi connectivity index (χ1n) is 6.32. The Morgan fingerprint density at radius 1 is 1.50 bits per heavy atom. The molecule has 0 unspecified atom stereocenters. The highest BCUT2D eigenvalue weighted by Gasteiger charge is 2.26. The molecule has 0 spiro atoms. The van der Waals surface area contributed by atoms with Gasteiger partial charge in [-0.25, -0.2) is 0 Å². The Kier molecular flexibility index (Phi) is 4.87. The van der Waals surface area contributed by atoms with E-state index in [0.29, 0.717) is 5.69 Å². The lowest BCUT2D eigenvalue weighted by Crippen LogP contribution is -2.52. The van der Waals surface area contributed by atoms with Crippen LogP contribution in [0, 0.1) is 3.57 Å². The third-order valence-electron chi connectivity index (χ3n) is 3.49. The summed E-state index contributed by atoms with van der Waals surface area (Å²) in [5.74, 6) is 0.0160. The Balaban J connectivity index is 0.00000147. The number of carbonyl (C=O) groups excluding carboxylic acids is 1. The normalized spacial score (nSPS) is 18.9. The van der Waals surface area contributed by atoms with Crippen molar-refractivity contribution < 1.29 is 4.79 Å². The van der Waals surface area contributed by atoms with Crippen molar-refractivity contribution in [3.05, 3.63) is 27.5 Å². The quantitative estimate of drug-likeness (QED) is 0.713. The van der Waals surface area contributed by atoms with Crippen LogP contribution in [0.4, 0.5) is 0 Å². The molecule has 108 valence electrons. The molecule has 20 heavy (non-hydrogen) atoms. The molecule has 1 atom stereocenters. The maximum absolute atomic E-state index is 12.6. The monoisotopic (exact) mass is 406 g/mol. The fourth-order valence-electron chi connectivity index (χ4n) is 2.43. The van der Waals surface area contributed by atoms with E-state index in [1.165, 1.54) is 0 Å². The number of benzene rings is 1. The molecule has 2 heterocycles. The van der Waals surface area contributed by atoms with Crippen LogP contribution in [0.15, 0.2) is 18.2 Å². The van der Waals surface area contributed by atoms with E-state index in [1.807, 2.05) is 23.1 Å². The summed E-state index contributed by atoms with van der Waals surface area (Å²) in [7, 11) is 0. The number of nitrogens with zero attached hydrogens (tertiary/aromatic N) is 2. The number of fused-ring (bicyclic) bond motifs is 1. The van der Waals surface area contributed by atoms with Crippen molar-refractivity contribution in [2.45, 2.75) is 13.0 Å². The first-order valence-corrected chi connectivity index (χ1v) is 7.40. The van der Waals surface area contributed by atoms with Crippen LogP contribution in [0.1, 0.15) is 17.4 Å². The Bertz CT molecular complexity index is 630. The number of aromatic nitrogens is 2. The maximum atomic E-state index is 12.6. The van der Waals surface area contributed by atoms with Crippen LogP contribution in [-0.2, 0) is 0 Å². The lowest BCUT2D eigenvalue weighted by atomic mass is 10.1. The number of piperazine rings is 1. The van der Waals surface area contributed by atoms with Crippen molar-refractivity contribution in [2.24, 2.45) is 0 Å². The molecule has 0 saturated carbocycles. The molecule has 2 aromatic rings. The molecule has 1 saturated heterocycles. The maximum Gasteiger partial charge on any atom is 0.275 e. The summed E-state index contributed by atoms with van der Waals surface area (Å²) in [4.78, 5) is 14.5. The molecule has 0 bridgehead atoms. The van der Waals surface area contributed by atoms with Gasteiger partial charge in [-0.3, -0.25) is 9.89 Å². The molecule has 5 nitrogen and oxygen atoms in total. The van der Waals surface area contributed by atoms with Gasteiger partial charge in [-0.05, 0) is 47.7 Å². The highest BCUT2D eigenvalue weighted by atomic mass is 127. The van der Waals surface area contributed by atoms with E-state index in [1.54, 1.807) is 0 Å². The summed E-state index contributed by atoms with van der Waals surface area (Å²) in [5.41, 5.74) is 1.44. The smallest absolute Gasteiger partial charge is 0.275 e. The molecule has 0 radical (unpaired) electrons. The van der Waals surface area contributed by atoms with Crippen LogP contribution >= 0.6 is 35.0 Å². The van der Waals surface area contributed by atoms with Gasteiger partial charge in [0.15, 0.2) is 5.69 Å². The first kappa shape index (κ1) is 15.5. The minimum Gasteiger partial charge on any atom is -0.332 e. The van der Waals surface area contributed by atoms with Gasteiger partial charge in [0.05, 0.1) is 5.52 Å². The Labute approximate surface area is 137 Å². The van der Waals surface area contributed by atoms with E-state index in [9.17, 15) is 4.79 Å². The van der Waals surface area contributed by atoms with Gasteiger partial charge < -0.3 is 10.2 Å². The van der Waals surface area contributed by atoms with Crippen molar-refractivity contribution in [1.29, 1.82) is 0 Å². The van der Waals surface area contributed by atoms with Crippen molar-refractivity contribution in [1.82, 2.24) is 20.4 Å². The zero-order valence-electron chi connectivity index (χ0n) is 11.0. The zero-order chi connectivity index (χ0) is 13.4. The lowest BCUT2D eigenvalue weighted by molar-refractivity contribution is 0.0651. The highest BCUT2D eigenvalue weighted by molar-refractivity contribution is 14.1. The molecular weight excluding hydrogens is 391 g/mol. The van der Waals surface area contributed by atoms with Gasteiger partial charge >= 0.3 is 0 Å². The van der Waals surface area contributed by atoms with Crippen molar-refractivity contribution in [3.8, 4) is 0 Å². The standard InChI is InChI=1S/C13H15IN4O.ClH/c1-8-7-15-4-5-18(8)13(19)12-10-6-9(14)2-3-11(10)16-17-12;/h2-3,6,8,15H,4-5,7H2,1H3,(H,16,17);1H/t8-;/m1./s1. The molecular formula is C13H16ClIN4O. The largest absolute Gasteiger partial charge is 0.332 e. The number of hydrogen-bond donors (Lipinski definition) is 2. The molecule has 0 aliphatic carbocycles. The van der Waals surface area contributed by atoms with Gasteiger partial charge in [-0.15, -0.1) is 12.4 Å². The third kappa shape index (κ3) is 2.77. The van der Waals surface area contributed by atoms with Gasteiger partial charge in [-0.1, -0.05) is 0 Å². The van der Waals surface area contributed by atoms with Crippen LogP contribution < -0.4 is 5.32 Å².